The fourth-order valence-electron chi connectivity index (χ4n) is 4.70. The maximum Gasteiger partial charge on any atom is 0.410 e. The van der Waals surface area contributed by atoms with Gasteiger partial charge in [0.1, 0.15) is 11.2 Å². The summed E-state index contributed by atoms with van der Waals surface area (Å²) in [5.41, 5.74) is 3.35. The molecule has 2 aromatic rings. The highest BCUT2D eigenvalue weighted by molar-refractivity contribution is 5.69. The number of amides is 2. The van der Waals surface area contributed by atoms with Crippen LogP contribution < -0.4 is 5.32 Å². The molecule has 0 aliphatic carbocycles. The zero-order valence-electron chi connectivity index (χ0n) is 24.8. The molecule has 1 aliphatic heterocycles. The Morgan fingerprint density at radius 1 is 0.974 bits per heavy atom. The molecule has 3 rings (SSSR count). The number of carbonyl (C=O) groups is 2. The average molecular weight is 539 g/mol. The SMILES string of the molecule is Cc1cccc(CN(CCCCNC(=O)OC(C)(C)C)C[C@H]2Cc3ccccc3CN2C(=O)OC(C)(C)C)n1. The molecule has 0 radical (unpaired) electrons. The van der Waals surface area contributed by atoms with Crippen molar-refractivity contribution in [3.63, 3.8) is 0 Å². The lowest BCUT2D eigenvalue weighted by Crippen LogP contribution is -2.51. The van der Waals surface area contributed by atoms with E-state index in [0.29, 0.717) is 26.2 Å². The molecule has 1 aliphatic rings. The number of aromatic nitrogens is 1. The van der Waals surface area contributed by atoms with Crippen molar-refractivity contribution < 1.29 is 19.1 Å². The number of ether oxygens (including phenoxy) is 2. The molecule has 8 nitrogen and oxygen atoms in total. The molecule has 214 valence electrons. The molecule has 2 amide bonds. The summed E-state index contributed by atoms with van der Waals surface area (Å²) in [5, 5.41) is 2.84. The van der Waals surface area contributed by atoms with Crippen LogP contribution in [0.3, 0.4) is 0 Å². The number of nitrogens with zero attached hydrogens (tertiary/aromatic N) is 3. The summed E-state index contributed by atoms with van der Waals surface area (Å²) in [4.78, 5) is 34.3. The number of alkyl carbamates (subject to hydrolysis) is 1. The Bertz CT molecular complexity index is 1110. The molecule has 8 heteroatoms. The summed E-state index contributed by atoms with van der Waals surface area (Å²) in [6.07, 6.45) is 1.81. The number of nitrogens with one attached hydrogen (secondary N) is 1. The van der Waals surface area contributed by atoms with E-state index in [2.05, 4.69) is 28.4 Å². The summed E-state index contributed by atoms with van der Waals surface area (Å²) in [6.45, 7) is 16.5. The van der Waals surface area contributed by atoms with E-state index in [1.54, 1.807) is 0 Å². The third kappa shape index (κ3) is 10.5. The molecule has 0 spiro atoms. The van der Waals surface area contributed by atoms with Crippen LogP contribution in [0.15, 0.2) is 42.5 Å². The topological polar surface area (TPSA) is 84.0 Å². The Morgan fingerprint density at radius 3 is 2.33 bits per heavy atom. The molecule has 1 aromatic heterocycles. The van der Waals surface area contributed by atoms with E-state index in [1.165, 1.54) is 11.1 Å². The van der Waals surface area contributed by atoms with E-state index in [1.807, 2.05) is 77.6 Å². The van der Waals surface area contributed by atoms with Crippen LogP contribution in [0.4, 0.5) is 9.59 Å². The minimum absolute atomic E-state index is 0.0283. The van der Waals surface area contributed by atoms with Crippen molar-refractivity contribution in [1.82, 2.24) is 20.1 Å². The summed E-state index contributed by atoms with van der Waals surface area (Å²) in [6, 6.07) is 14.4. The fourth-order valence-corrected chi connectivity index (χ4v) is 4.70. The molecular formula is C31H46N4O4. The number of hydrogen-bond acceptors (Lipinski definition) is 6. The van der Waals surface area contributed by atoms with E-state index in [9.17, 15) is 9.59 Å². The number of aryl methyl sites for hydroxylation is 1. The predicted molar refractivity (Wildman–Crippen MR) is 153 cm³/mol. The first-order valence-corrected chi connectivity index (χ1v) is 14.0. The van der Waals surface area contributed by atoms with Gasteiger partial charge in [-0.2, -0.15) is 0 Å². The van der Waals surface area contributed by atoms with Crippen molar-refractivity contribution in [1.29, 1.82) is 0 Å². The highest BCUT2D eigenvalue weighted by atomic mass is 16.6. The molecule has 0 bridgehead atoms. The Morgan fingerprint density at radius 2 is 1.67 bits per heavy atom. The van der Waals surface area contributed by atoms with Gasteiger partial charge in [0.05, 0.1) is 11.7 Å². The molecular weight excluding hydrogens is 492 g/mol. The van der Waals surface area contributed by atoms with Crippen LogP contribution >= 0.6 is 0 Å². The second-order valence-corrected chi connectivity index (χ2v) is 12.4. The molecule has 0 saturated carbocycles. The number of fused-ring (bicyclic) bond motifs is 1. The van der Waals surface area contributed by atoms with Gasteiger partial charge in [0.2, 0.25) is 0 Å². The minimum Gasteiger partial charge on any atom is -0.444 e. The molecule has 1 N–H and O–H groups in total. The lowest BCUT2D eigenvalue weighted by atomic mass is 9.94. The van der Waals surface area contributed by atoms with Gasteiger partial charge in [-0.1, -0.05) is 30.3 Å². The second-order valence-electron chi connectivity index (χ2n) is 12.4. The largest absolute Gasteiger partial charge is 0.444 e. The summed E-state index contributed by atoms with van der Waals surface area (Å²) < 4.78 is 11.1. The van der Waals surface area contributed by atoms with Gasteiger partial charge in [-0.3, -0.25) is 14.8 Å². The first kappa shape index (κ1) is 30.4. The van der Waals surface area contributed by atoms with Crippen LogP contribution in [0.1, 0.15) is 76.9 Å². The second kappa shape index (κ2) is 13.3. The number of pyridine rings is 1. The van der Waals surface area contributed by atoms with Gasteiger partial charge in [0.25, 0.3) is 0 Å². The lowest BCUT2D eigenvalue weighted by Gasteiger charge is -2.40. The zero-order chi connectivity index (χ0) is 28.6. The molecule has 1 aromatic carbocycles. The van der Waals surface area contributed by atoms with Gasteiger partial charge in [0, 0.05) is 31.9 Å². The third-order valence-electron chi connectivity index (χ3n) is 6.35. The average Bonchev–Trinajstić information content (AvgIpc) is 2.81. The van der Waals surface area contributed by atoms with E-state index in [0.717, 1.165) is 37.2 Å². The predicted octanol–water partition coefficient (Wildman–Crippen LogP) is 5.86. The summed E-state index contributed by atoms with van der Waals surface area (Å²) in [5.74, 6) is 0. The Hall–Kier alpha value is -3.13. The van der Waals surface area contributed by atoms with E-state index < -0.39 is 17.3 Å². The van der Waals surface area contributed by atoms with Crippen molar-refractivity contribution in [2.45, 2.75) is 98.1 Å². The molecule has 2 heterocycles. The van der Waals surface area contributed by atoms with Crippen LogP contribution in [0.5, 0.6) is 0 Å². The number of carbonyl (C=O) groups excluding carboxylic acids is 2. The third-order valence-corrected chi connectivity index (χ3v) is 6.35. The smallest absolute Gasteiger partial charge is 0.410 e. The molecule has 0 unspecified atom stereocenters. The quantitative estimate of drug-likeness (QED) is 0.403. The van der Waals surface area contributed by atoms with Crippen molar-refractivity contribution >= 4 is 12.2 Å². The summed E-state index contributed by atoms with van der Waals surface area (Å²) in [7, 11) is 0. The zero-order valence-corrected chi connectivity index (χ0v) is 24.8. The normalized spacial score (nSPS) is 15.6. The van der Waals surface area contributed by atoms with Gasteiger partial charge in [-0.15, -0.1) is 0 Å². The molecule has 39 heavy (non-hydrogen) atoms. The molecule has 0 fully saturated rings. The number of rotatable bonds is 9. The van der Waals surface area contributed by atoms with E-state index in [-0.39, 0.29) is 12.1 Å². The first-order valence-electron chi connectivity index (χ1n) is 14.0. The van der Waals surface area contributed by atoms with Gasteiger partial charge in [-0.25, -0.2) is 9.59 Å². The molecule has 0 saturated heterocycles. The monoisotopic (exact) mass is 538 g/mol. The minimum atomic E-state index is -0.565. The fraction of sp³-hybridized carbons (Fsp3) is 0.581. The van der Waals surface area contributed by atoms with Crippen LogP contribution in [0, 0.1) is 6.92 Å². The highest BCUT2D eigenvalue weighted by Gasteiger charge is 2.34. The van der Waals surface area contributed by atoms with Crippen molar-refractivity contribution in [2.75, 3.05) is 19.6 Å². The number of benzene rings is 1. The van der Waals surface area contributed by atoms with Crippen LogP contribution in [-0.4, -0.2) is 63.8 Å². The number of hydrogen-bond donors (Lipinski definition) is 1. The standard InChI is InChI=1S/C31H46N4O4/c1-23-13-12-16-26(33-23)21-34(18-11-10-17-32-28(36)38-30(2,3)4)22-27-19-24-14-8-9-15-25(24)20-35(27)29(37)39-31(5,6)7/h8-9,12-16,27H,10-11,17-22H2,1-7H3,(H,32,36)/t27-/m1/s1. The highest BCUT2D eigenvalue weighted by Crippen LogP contribution is 2.26. The summed E-state index contributed by atoms with van der Waals surface area (Å²) >= 11 is 0. The van der Waals surface area contributed by atoms with Gasteiger partial charge in [0.15, 0.2) is 0 Å². The molecule has 1 atom stereocenters. The van der Waals surface area contributed by atoms with E-state index in [4.69, 9.17) is 14.5 Å². The maximum atomic E-state index is 13.3. The van der Waals surface area contributed by atoms with Gasteiger partial charge >= 0.3 is 12.2 Å². The first-order chi connectivity index (χ1) is 18.3. The van der Waals surface area contributed by atoms with Crippen LogP contribution in [0.25, 0.3) is 0 Å². The van der Waals surface area contributed by atoms with Gasteiger partial charge < -0.3 is 14.8 Å². The Kier molecular flexibility index (Phi) is 10.4. The van der Waals surface area contributed by atoms with E-state index >= 15 is 0 Å². The van der Waals surface area contributed by atoms with Crippen molar-refractivity contribution in [3.05, 3.63) is 65.0 Å². The van der Waals surface area contributed by atoms with Crippen molar-refractivity contribution in [3.8, 4) is 0 Å². The van der Waals surface area contributed by atoms with Gasteiger partial charge in [-0.05, 0) is 97.5 Å². The van der Waals surface area contributed by atoms with Crippen LogP contribution in [-0.2, 0) is 29.0 Å². The maximum absolute atomic E-state index is 13.3. The number of unbranched alkanes of at least 4 members (excludes halogenated alkanes) is 1. The lowest BCUT2D eigenvalue weighted by molar-refractivity contribution is 0.00708. The van der Waals surface area contributed by atoms with Crippen LogP contribution in [0.2, 0.25) is 0 Å². The Balaban J connectivity index is 1.71. The van der Waals surface area contributed by atoms with Crippen molar-refractivity contribution in [2.24, 2.45) is 0 Å². The Labute approximate surface area is 234 Å².